The molecule has 0 spiro atoms. The van der Waals surface area contributed by atoms with E-state index in [9.17, 15) is 0 Å². The number of nitrogens with zero attached hydrogens (tertiary/aromatic N) is 3. The topological polar surface area (TPSA) is 56.2 Å². The Kier molecular flexibility index (Phi) is 2.86. The molecule has 3 aromatic rings. The van der Waals surface area contributed by atoms with Crippen molar-refractivity contribution in [2.45, 2.75) is 25.2 Å². The number of hydrogen-bond donors (Lipinski definition) is 1. The van der Waals surface area contributed by atoms with Gasteiger partial charge in [-0.15, -0.1) is 0 Å². The van der Waals surface area contributed by atoms with E-state index < -0.39 is 0 Å². The normalized spacial score (nSPS) is 15.3. The number of rotatable bonds is 2. The fourth-order valence-electron chi connectivity index (χ4n) is 2.85. The van der Waals surface area contributed by atoms with Gasteiger partial charge in [-0.05, 0) is 25.0 Å². The predicted octanol–water partition coefficient (Wildman–Crippen LogP) is 3.90. The molecule has 0 saturated heterocycles. The molecular weight excluding hydrogens is 284 g/mol. The average Bonchev–Trinajstić information content (AvgIpc) is 2.79. The van der Waals surface area contributed by atoms with Crippen LogP contribution in [-0.4, -0.2) is 14.4 Å². The summed E-state index contributed by atoms with van der Waals surface area (Å²) >= 11 is 5.97. The highest BCUT2D eigenvalue weighted by molar-refractivity contribution is 6.30. The van der Waals surface area contributed by atoms with Crippen LogP contribution in [0.5, 0.6) is 0 Å². The lowest BCUT2D eigenvalue weighted by atomic mass is 9.85. The van der Waals surface area contributed by atoms with Gasteiger partial charge in [-0.25, -0.2) is 9.97 Å². The number of fused-ring (bicyclic) bond motifs is 1. The van der Waals surface area contributed by atoms with E-state index in [1.54, 1.807) is 6.20 Å². The van der Waals surface area contributed by atoms with Crippen LogP contribution in [0.2, 0.25) is 5.02 Å². The maximum atomic E-state index is 6.10. The van der Waals surface area contributed by atoms with Gasteiger partial charge in [-0.1, -0.05) is 30.2 Å². The molecule has 1 aromatic carbocycles. The predicted molar refractivity (Wildman–Crippen MR) is 84.4 cm³/mol. The molecule has 2 aromatic heterocycles. The molecule has 0 bridgehead atoms. The number of anilines is 1. The number of benzene rings is 1. The summed E-state index contributed by atoms with van der Waals surface area (Å²) in [6.45, 7) is 0. The van der Waals surface area contributed by atoms with Crippen LogP contribution >= 0.6 is 11.6 Å². The van der Waals surface area contributed by atoms with Crippen molar-refractivity contribution in [3.63, 3.8) is 0 Å². The molecular formula is C16H15ClN4. The molecule has 0 radical (unpaired) electrons. The maximum absolute atomic E-state index is 6.10. The minimum absolute atomic E-state index is 0.514. The van der Waals surface area contributed by atoms with E-state index in [1.165, 1.54) is 19.3 Å². The summed E-state index contributed by atoms with van der Waals surface area (Å²) < 4.78 is 2.09. The molecule has 1 aliphatic carbocycles. The van der Waals surface area contributed by atoms with E-state index in [0.29, 0.717) is 16.8 Å². The molecule has 0 unspecified atom stereocenters. The van der Waals surface area contributed by atoms with Crippen LogP contribution < -0.4 is 5.73 Å². The summed E-state index contributed by atoms with van der Waals surface area (Å²) in [5, 5.41) is 0.715. The van der Waals surface area contributed by atoms with Crippen molar-refractivity contribution >= 4 is 22.9 Å². The summed E-state index contributed by atoms with van der Waals surface area (Å²) in [5.74, 6) is 2.14. The quantitative estimate of drug-likeness (QED) is 0.780. The van der Waals surface area contributed by atoms with E-state index in [1.807, 2.05) is 30.5 Å². The van der Waals surface area contributed by atoms with Crippen molar-refractivity contribution in [3.05, 3.63) is 47.5 Å². The Labute approximate surface area is 127 Å². The Hall–Kier alpha value is -2.07. The Morgan fingerprint density at radius 3 is 2.62 bits per heavy atom. The van der Waals surface area contributed by atoms with Gasteiger partial charge in [0.1, 0.15) is 22.9 Å². The van der Waals surface area contributed by atoms with Crippen LogP contribution in [0.4, 0.5) is 5.82 Å². The average molecular weight is 299 g/mol. The molecule has 106 valence electrons. The number of nitrogen functional groups attached to an aromatic ring is 1. The summed E-state index contributed by atoms with van der Waals surface area (Å²) in [5.41, 5.74) is 8.89. The van der Waals surface area contributed by atoms with E-state index in [4.69, 9.17) is 22.3 Å². The molecule has 2 N–H and O–H groups in total. The summed E-state index contributed by atoms with van der Waals surface area (Å²) in [7, 11) is 0. The zero-order valence-corrected chi connectivity index (χ0v) is 12.2. The minimum atomic E-state index is 0.514. The van der Waals surface area contributed by atoms with Crippen LogP contribution in [0.1, 0.15) is 31.0 Å². The molecule has 1 fully saturated rings. The number of halogens is 1. The van der Waals surface area contributed by atoms with E-state index in [0.717, 1.165) is 22.6 Å². The van der Waals surface area contributed by atoms with Crippen molar-refractivity contribution < 1.29 is 0 Å². The molecule has 21 heavy (non-hydrogen) atoms. The monoisotopic (exact) mass is 298 g/mol. The Balaban J connectivity index is 1.97. The van der Waals surface area contributed by atoms with Crippen molar-refractivity contribution in [1.29, 1.82) is 0 Å². The summed E-state index contributed by atoms with van der Waals surface area (Å²) in [4.78, 5) is 9.09. The summed E-state index contributed by atoms with van der Waals surface area (Å²) in [6, 6.07) is 7.69. The Bertz CT molecular complexity index is 803. The van der Waals surface area contributed by atoms with Crippen LogP contribution in [0.25, 0.3) is 16.8 Å². The third kappa shape index (κ3) is 1.98. The third-order valence-electron chi connectivity index (χ3n) is 4.20. The molecule has 0 amide bonds. The molecule has 4 rings (SSSR count). The van der Waals surface area contributed by atoms with Gasteiger partial charge in [0.15, 0.2) is 0 Å². The molecule has 1 aliphatic rings. The minimum Gasteiger partial charge on any atom is -0.382 e. The number of nitrogens with two attached hydrogens (primary N) is 1. The summed E-state index contributed by atoms with van der Waals surface area (Å²) in [6.07, 6.45) is 7.35. The SMILES string of the molecule is Nc1nccn2c(C3CCC3)nc(-c3ccc(Cl)cc3)c12. The molecule has 0 atom stereocenters. The molecule has 5 heteroatoms. The third-order valence-corrected chi connectivity index (χ3v) is 4.45. The molecule has 0 aliphatic heterocycles. The van der Waals surface area contributed by atoms with Crippen LogP contribution in [0, 0.1) is 0 Å². The van der Waals surface area contributed by atoms with Crippen molar-refractivity contribution in [3.8, 4) is 11.3 Å². The van der Waals surface area contributed by atoms with Gasteiger partial charge in [-0.2, -0.15) is 0 Å². The first-order chi connectivity index (χ1) is 10.2. The number of aromatic nitrogens is 3. The standard InChI is InChI=1S/C16H15ClN4/c17-12-6-4-10(5-7-12)13-14-15(18)19-8-9-21(14)16(20-13)11-2-1-3-11/h4-9,11H,1-3H2,(H2,18,19). The fourth-order valence-corrected chi connectivity index (χ4v) is 2.98. The lowest BCUT2D eigenvalue weighted by Crippen LogP contribution is -2.12. The molecule has 4 nitrogen and oxygen atoms in total. The van der Waals surface area contributed by atoms with Crippen molar-refractivity contribution in [1.82, 2.24) is 14.4 Å². The van der Waals surface area contributed by atoms with Gasteiger partial charge in [0, 0.05) is 28.9 Å². The lowest BCUT2D eigenvalue weighted by molar-refractivity contribution is 0.400. The Morgan fingerprint density at radius 1 is 1.19 bits per heavy atom. The second-order valence-electron chi connectivity index (χ2n) is 5.48. The van der Waals surface area contributed by atoms with E-state index >= 15 is 0 Å². The zero-order valence-electron chi connectivity index (χ0n) is 11.5. The van der Waals surface area contributed by atoms with Gasteiger partial charge in [0.05, 0.1) is 0 Å². The van der Waals surface area contributed by atoms with Gasteiger partial charge in [0.2, 0.25) is 0 Å². The van der Waals surface area contributed by atoms with Gasteiger partial charge in [0.25, 0.3) is 0 Å². The molecule has 1 saturated carbocycles. The lowest BCUT2D eigenvalue weighted by Gasteiger charge is -2.23. The second-order valence-corrected chi connectivity index (χ2v) is 5.92. The van der Waals surface area contributed by atoms with E-state index in [-0.39, 0.29) is 0 Å². The highest BCUT2D eigenvalue weighted by Crippen LogP contribution is 2.39. The van der Waals surface area contributed by atoms with Crippen molar-refractivity contribution in [2.24, 2.45) is 0 Å². The van der Waals surface area contributed by atoms with Crippen molar-refractivity contribution in [2.75, 3.05) is 5.73 Å². The first-order valence-electron chi connectivity index (χ1n) is 7.12. The first-order valence-corrected chi connectivity index (χ1v) is 7.50. The zero-order chi connectivity index (χ0) is 14.4. The fraction of sp³-hybridized carbons (Fsp3) is 0.250. The van der Waals surface area contributed by atoms with Crippen LogP contribution in [0.3, 0.4) is 0 Å². The highest BCUT2D eigenvalue weighted by atomic mass is 35.5. The van der Waals surface area contributed by atoms with Gasteiger partial charge >= 0.3 is 0 Å². The van der Waals surface area contributed by atoms with E-state index in [2.05, 4.69) is 9.38 Å². The Morgan fingerprint density at radius 2 is 1.95 bits per heavy atom. The molecule has 2 heterocycles. The van der Waals surface area contributed by atoms with Crippen LogP contribution in [-0.2, 0) is 0 Å². The second kappa shape index (κ2) is 4.74. The van der Waals surface area contributed by atoms with Gasteiger partial charge < -0.3 is 5.73 Å². The maximum Gasteiger partial charge on any atom is 0.150 e. The van der Waals surface area contributed by atoms with Crippen LogP contribution in [0.15, 0.2) is 36.7 Å². The number of hydrogen-bond acceptors (Lipinski definition) is 3. The highest BCUT2D eigenvalue weighted by Gasteiger charge is 2.26. The smallest absolute Gasteiger partial charge is 0.150 e. The first kappa shape index (κ1) is 12.7. The van der Waals surface area contributed by atoms with Gasteiger partial charge in [-0.3, -0.25) is 4.40 Å². The number of imidazole rings is 1. The largest absolute Gasteiger partial charge is 0.382 e.